The second-order valence-electron chi connectivity index (χ2n) is 5.23. The minimum atomic E-state index is -4.03. The Morgan fingerprint density at radius 3 is 2.77 bits per heavy atom. The van der Waals surface area contributed by atoms with Crippen molar-refractivity contribution in [2.75, 3.05) is 31.7 Å². The molecule has 0 aliphatic carbocycles. The van der Waals surface area contributed by atoms with E-state index < -0.39 is 21.4 Å². The first kappa shape index (κ1) is 16.6. The number of nitrogens with two attached hydrogens (primary N) is 1. The highest BCUT2D eigenvalue weighted by atomic mass is 32.2. The van der Waals surface area contributed by atoms with Crippen LogP contribution in [0.5, 0.6) is 0 Å². The number of aromatic nitrogens is 2. The third kappa shape index (κ3) is 3.18. The highest BCUT2D eigenvalue weighted by molar-refractivity contribution is 7.89. The maximum Gasteiger partial charge on any atom is 0.311 e. The van der Waals surface area contributed by atoms with Crippen molar-refractivity contribution in [1.29, 1.82) is 0 Å². The predicted octanol–water partition coefficient (Wildman–Crippen LogP) is -0.558. The van der Waals surface area contributed by atoms with Crippen molar-refractivity contribution in [3.8, 4) is 0 Å². The Bertz CT molecular complexity index is 665. The molecule has 0 amide bonds. The first-order valence-corrected chi connectivity index (χ1v) is 8.16. The summed E-state index contributed by atoms with van der Waals surface area (Å²) in [5, 5.41) is 14.3. The lowest BCUT2D eigenvalue weighted by atomic mass is 9.84. The number of hydrogen-bond donors (Lipinski definition) is 2. The van der Waals surface area contributed by atoms with E-state index >= 15 is 0 Å². The Balaban J connectivity index is 2.32. The third-order valence-corrected chi connectivity index (χ3v) is 4.63. The van der Waals surface area contributed by atoms with Crippen molar-refractivity contribution < 1.29 is 23.1 Å². The van der Waals surface area contributed by atoms with E-state index in [1.165, 1.54) is 19.5 Å². The highest BCUT2D eigenvalue weighted by Crippen LogP contribution is 2.37. The molecule has 0 saturated carbocycles. The van der Waals surface area contributed by atoms with Crippen LogP contribution in [0.15, 0.2) is 17.4 Å². The molecule has 1 unspecified atom stereocenters. The number of aliphatic carboxylic acids is 1. The molecule has 0 spiro atoms. The van der Waals surface area contributed by atoms with Crippen molar-refractivity contribution in [3.05, 3.63) is 12.4 Å². The Hall–Kier alpha value is -1.78. The van der Waals surface area contributed by atoms with Gasteiger partial charge in [0.15, 0.2) is 5.82 Å². The summed E-state index contributed by atoms with van der Waals surface area (Å²) in [7, 11) is -2.53. The molecule has 2 rings (SSSR count). The largest absolute Gasteiger partial charge is 0.481 e. The van der Waals surface area contributed by atoms with Crippen LogP contribution in [0.4, 0.5) is 5.82 Å². The van der Waals surface area contributed by atoms with E-state index in [0.29, 0.717) is 26.0 Å². The molecule has 1 aromatic heterocycles. The van der Waals surface area contributed by atoms with Gasteiger partial charge in [-0.15, -0.1) is 0 Å². The molecule has 1 aliphatic rings. The van der Waals surface area contributed by atoms with Gasteiger partial charge in [0.1, 0.15) is 0 Å². The molecule has 1 aromatic rings. The highest BCUT2D eigenvalue weighted by Gasteiger charge is 2.45. The van der Waals surface area contributed by atoms with Gasteiger partial charge >= 0.3 is 5.97 Å². The van der Waals surface area contributed by atoms with Crippen molar-refractivity contribution in [2.24, 2.45) is 10.6 Å². The van der Waals surface area contributed by atoms with E-state index in [9.17, 15) is 18.3 Å². The number of hydrogen-bond acceptors (Lipinski definition) is 7. The fraction of sp³-hybridized carbons (Fsp3) is 0.583. The van der Waals surface area contributed by atoms with Gasteiger partial charge in [0.2, 0.25) is 5.03 Å². The van der Waals surface area contributed by atoms with Gasteiger partial charge in [0, 0.05) is 39.2 Å². The average molecular weight is 330 g/mol. The van der Waals surface area contributed by atoms with E-state index in [1.54, 1.807) is 4.90 Å². The minimum Gasteiger partial charge on any atom is -0.481 e. The number of anilines is 1. The molecule has 1 saturated heterocycles. The molecule has 3 N–H and O–H groups in total. The van der Waals surface area contributed by atoms with Crippen LogP contribution in [0.2, 0.25) is 0 Å². The molecule has 122 valence electrons. The molecule has 2 heterocycles. The summed E-state index contributed by atoms with van der Waals surface area (Å²) >= 11 is 0. The number of ether oxygens (including phenoxy) is 1. The maximum absolute atomic E-state index is 11.6. The molecule has 1 fully saturated rings. The van der Waals surface area contributed by atoms with E-state index in [4.69, 9.17) is 9.88 Å². The summed E-state index contributed by atoms with van der Waals surface area (Å²) in [4.78, 5) is 21.0. The quantitative estimate of drug-likeness (QED) is 0.708. The van der Waals surface area contributed by atoms with Crippen molar-refractivity contribution >= 4 is 21.8 Å². The van der Waals surface area contributed by atoms with Crippen LogP contribution in [-0.2, 0) is 19.6 Å². The molecule has 0 radical (unpaired) electrons. The van der Waals surface area contributed by atoms with Crippen LogP contribution < -0.4 is 10.0 Å². The Morgan fingerprint density at radius 2 is 2.18 bits per heavy atom. The topological polar surface area (TPSA) is 136 Å². The minimum absolute atomic E-state index is 0.0885. The number of carboxylic acid groups (broad SMARTS) is 1. The summed E-state index contributed by atoms with van der Waals surface area (Å²) in [5.74, 6) is -0.848. The molecule has 1 aliphatic heterocycles. The maximum atomic E-state index is 11.6. The van der Waals surface area contributed by atoms with Crippen molar-refractivity contribution in [2.45, 2.75) is 17.9 Å². The first-order valence-electron chi connectivity index (χ1n) is 6.61. The lowest BCUT2D eigenvalue weighted by Gasteiger charge is -2.25. The van der Waals surface area contributed by atoms with Gasteiger partial charge in [0.05, 0.1) is 5.41 Å². The normalized spacial score (nSPS) is 22.0. The summed E-state index contributed by atoms with van der Waals surface area (Å²) in [6.07, 6.45) is 3.28. The number of carboxylic acids is 1. The number of methoxy groups -OCH3 is 1. The van der Waals surface area contributed by atoms with E-state index in [-0.39, 0.29) is 17.4 Å². The molecular formula is C12H18N4O5S. The Kier molecular flexibility index (Phi) is 4.63. The molecule has 10 heteroatoms. The van der Waals surface area contributed by atoms with Gasteiger partial charge in [-0.2, -0.15) is 0 Å². The fourth-order valence-corrected chi connectivity index (χ4v) is 3.22. The third-order valence-electron chi connectivity index (χ3n) is 3.81. The van der Waals surface area contributed by atoms with Crippen LogP contribution in [0.25, 0.3) is 0 Å². The molecule has 9 nitrogen and oxygen atoms in total. The van der Waals surface area contributed by atoms with Gasteiger partial charge in [0.25, 0.3) is 10.0 Å². The summed E-state index contributed by atoms with van der Waals surface area (Å²) in [6, 6.07) is 0. The van der Waals surface area contributed by atoms with Crippen LogP contribution in [0.1, 0.15) is 12.8 Å². The van der Waals surface area contributed by atoms with Crippen LogP contribution in [0.3, 0.4) is 0 Å². The lowest BCUT2D eigenvalue weighted by Crippen LogP contribution is -2.36. The first-order chi connectivity index (χ1) is 10.3. The number of sulfonamides is 1. The monoisotopic (exact) mass is 330 g/mol. The Labute approximate surface area is 128 Å². The second-order valence-corrected chi connectivity index (χ2v) is 6.71. The van der Waals surface area contributed by atoms with Gasteiger partial charge in [-0.05, 0) is 12.8 Å². The zero-order valence-corrected chi connectivity index (χ0v) is 12.9. The Morgan fingerprint density at radius 1 is 1.50 bits per heavy atom. The standard InChI is InChI=1S/C12H18N4O5S/c1-21-7-3-12(11(17)18)2-6-16(8-12)9-10(22(13,19)20)15-5-4-14-9/h4-5H,2-3,6-8H2,1H3,(H,17,18)(H2,13,19,20). The zero-order valence-electron chi connectivity index (χ0n) is 12.1. The van der Waals surface area contributed by atoms with Gasteiger partial charge in [-0.25, -0.2) is 23.5 Å². The molecule has 0 bridgehead atoms. The number of carbonyl (C=O) groups is 1. The predicted molar refractivity (Wildman–Crippen MR) is 76.8 cm³/mol. The smallest absolute Gasteiger partial charge is 0.311 e. The van der Waals surface area contributed by atoms with Gasteiger partial charge < -0.3 is 14.7 Å². The number of nitrogens with zero attached hydrogens (tertiary/aromatic N) is 3. The number of rotatable bonds is 6. The molecule has 22 heavy (non-hydrogen) atoms. The fourth-order valence-electron chi connectivity index (χ4n) is 2.57. The van der Waals surface area contributed by atoms with Gasteiger partial charge in [-0.1, -0.05) is 0 Å². The van der Waals surface area contributed by atoms with E-state index in [0.717, 1.165) is 0 Å². The molecule has 0 aromatic carbocycles. The summed E-state index contributed by atoms with van der Waals surface area (Å²) in [6.45, 7) is 0.798. The molecule has 1 atom stereocenters. The second kappa shape index (κ2) is 6.15. The lowest BCUT2D eigenvalue weighted by molar-refractivity contribution is -0.148. The van der Waals surface area contributed by atoms with E-state index in [2.05, 4.69) is 9.97 Å². The zero-order chi connectivity index (χ0) is 16.4. The van der Waals surface area contributed by atoms with Crippen molar-refractivity contribution in [1.82, 2.24) is 9.97 Å². The average Bonchev–Trinajstić information content (AvgIpc) is 2.90. The van der Waals surface area contributed by atoms with Gasteiger partial charge in [-0.3, -0.25) is 4.79 Å². The van der Waals surface area contributed by atoms with Crippen LogP contribution in [-0.4, -0.2) is 56.3 Å². The summed E-state index contributed by atoms with van der Waals surface area (Å²) in [5.41, 5.74) is -0.997. The SMILES string of the molecule is COCCC1(C(=O)O)CCN(c2nccnc2S(N)(=O)=O)C1. The van der Waals surface area contributed by atoms with Crippen LogP contribution >= 0.6 is 0 Å². The van der Waals surface area contributed by atoms with Crippen LogP contribution in [0, 0.1) is 5.41 Å². The molecular weight excluding hydrogens is 312 g/mol. The van der Waals surface area contributed by atoms with Crippen molar-refractivity contribution in [3.63, 3.8) is 0 Å². The van der Waals surface area contributed by atoms with E-state index in [1.807, 2.05) is 0 Å². The summed E-state index contributed by atoms with van der Waals surface area (Å²) < 4.78 is 28.2. The number of primary sulfonamides is 1.